The van der Waals surface area contributed by atoms with E-state index >= 15 is 0 Å². The molecule has 0 aromatic carbocycles. The van der Waals surface area contributed by atoms with Crippen molar-refractivity contribution in [3.63, 3.8) is 0 Å². The zero-order chi connectivity index (χ0) is 22.3. The largest absolute Gasteiger partial charge is 0.469 e. The van der Waals surface area contributed by atoms with E-state index in [-0.39, 0.29) is 18.4 Å². The summed E-state index contributed by atoms with van der Waals surface area (Å²) >= 11 is 1.30. The first-order chi connectivity index (χ1) is 14.1. The van der Waals surface area contributed by atoms with Crippen molar-refractivity contribution in [1.82, 2.24) is 15.0 Å². The van der Waals surface area contributed by atoms with Crippen molar-refractivity contribution in [1.29, 1.82) is 0 Å². The Hall–Kier alpha value is -3.05. The third-order valence-corrected chi connectivity index (χ3v) is 4.55. The minimum absolute atomic E-state index is 0.0548. The molecule has 0 saturated heterocycles. The molecule has 0 atom stereocenters. The number of nitrogens with one attached hydrogen (secondary N) is 1. The van der Waals surface area contributed by atoms with Crippen LogP contribution >= 0.6 is 11.3 Å². The van der Waals surface area contributed by atoms with Gasteiger partial charge in [0, 0.05) is 19.3 Å². The molecule has 3 rings (SSSR count). The summed E-state index contributed by atoms with van der Waals surface area (Å²) in [6.45, 7) is 3.06. The van der Waals surface area contributed by atoms with Gasteiger partial charge in [0.1, 0.15) is 16.6 Å². The molecule has 0 spiro atoms. The van der Waals surface area contributed by atoms with Gasteiger partial charge in [-0.15, -0.1) is 11.3 Å². The zero-order valence-electron chi connectivity index (χ0n) is 16.3. The number of ether oxygens (including phenoxy) is 1. The molecule has 160 valence electrons. The average Bonchev–Trinajstić information content (AvgIpc) is 3.17. The number of thiazole rings is 1. The number of hydrogen-bond acceptors (Lipinski definition) is 8. The van der Waals surface area contributed by atoms with Gasteiger partial charge in [-0.2, -0.15) is 13.2 Å². The number of aryl methyl sites for hydroxylation is 1. The number of carbonyl (C=O) groups is 1. The van der Waals surface area contributed by atoms with E-state index in [0.29, 0.717) is 16.5 Å². The lowest BCUT2D eigenvalue weighted by Crippen LogP contribution is -2.06. The summed E-state index contributed by atoms with van der Waals surface area (Å²) in [7, 11) is 1.35. The number of anilines is 2. The molecule has 0 aliphatic rings. The summed E-state index contributed by atoms with van der Waals surface area (Å²) in [6, 6.07) is 5.38. The van der Waals surface area contributed by atoms with Gasteiger partial charge in [0.2, 0.25) is 0 Å². The average molecular weight is 440 g/mol. The number of nitrogens with zero attached hydrogens (tertiary/aromatic N) is 3. The Kier molecular flexibility index (Phi) is 7.84. The zero-order valence-corrected chi connectivity index (χ0v) is 17.1. The molecule has 3 aromatic heterocycles. The first-order valence-electron chi connectivity index (χ1n) is 8.52. The van der Waals surface area contributed by atoms with Crippen LogP contribution in [0.5, 0.6) is 0 Å². The van der Waals surface area contributed by atoms with Crippen LogP contribution in [0.15, 0.2) is 36.7 Å². The minimum atomic E-state index is -4.44. The van der Waals surface area contributed by atoms with Crippen LogP contribution in [0.2, 0.25) is 0 Å². The highest BCUT2D eigenvalue weighted by atomic mass is 32.1. The molecule has 0 aliphatic heterocycles. The van der Waals surface area contributed by atoms with Crippen molar-refractivity contribution in [2.45, 2.75) is 26.6 Å². The monoisotopic (exact) mass is 440 g/mol. The van der Waals surface area contributed by atoms with Crippen molar-refractivity contribution in [2.75, 3.05) is 12.4 Å². The van der Waals surface area contributed by atoms with E-state index in [9.17, 15) is 18.0 Å². The highest BCUT2D eigenvalue weighted by Crippen LogP contribution is 2.31. The van der Waals surface area contributed by atoms with Gasteiger partial charge in [0.05, 0.1) is 29.9 Å². The van der Waals surface area contributed by atoms with Crippen LogP contribution in [0.1, 0.15) is 23.1 Å². The molecule has 30 heavy (non-hydrogen) atoms. The van der Waals surface area contributed by atoms with E-state index in [1.165, 1.54) is 25.4 Å². The maximum Gasteiger partial charge on any atom is 0.416 e. The van der Waals surface area contributed by atoms with E-state index in [1.54, 1.807) is 12.3 Å². The second-order valence-corrected chi connectivity index (χ2v) is 7.05. The topological polar surface area (TPSA) is 97.2 Å². The molecule has 2 N–H and O–H groups in total. The minimum Gasteiger partial charge on any atom is -0.469 e. The molecule has 0 unspecified atom stereocenters. The van der Waals surface area contributed by atoms with Crippen molar-refractivity contribution >= 4 is 28.9 Å². The smallest absolute Gasteiger partial charge is 0.416 e. The van der Waals surface area contributed by atoms with Crippen molar-refractivity contribution in [3.8, 4) is 10.6 Å². The first-order valence-corrected chi connectivity index (χ1v) is 9.33. The van der Waals surface area contributed by atoms with Gasteiger partial charge in [0.25, 0.3) is 0 Å². The lowest BCUT2D eigenvalue weighted by Gasteiger charge is -2.10. The number of esters is 1. The predicted octanol–water partition coefficient (Wildman–Crippen LogP) is 4.34. The number of aliphatic hydroxyl groups excluding tert-OH is 1. The van der Waals surface area contributed by atoms with Crippen molar-refractivity contribution < 1.29 is 27.8 Å². The van der Waals surface area contributed by atoms with Crippen LogP contribution in [-0.4, -0.2) is 33.1 Å². The lowest BCUT2D eigenvalue weighted by atomic mass is 10.2. The molecule has 3 aromatic rings. The Labute approximate surface area is 174 Å². The Morgan fingerprint density at radius 2 is 1.93 bits per heavy atom. The molecule has 7 nitrogen and oxygen atoms in total. The van der Waals surface area contributed by atoms with Crippen molar-refractivity contribution in [3.05, 3.63) is 52.8 Å². The number of rotatable bonds is 4. The molecular weight excluding hydrogens is 421 g/mol. The van der Waals surface area contributed by atoms with Crippen LogP contribution in [0.3, 0.4) is 0 Å². The van der Waals surface area contributed by atoms with Crippen molar-refractivity contribution in [2.24, 2.45) is 0 Å². The van der Waals surface area contributed by atoms with Gasteiger partial charge in [-0.25, -0.2) is 15.0 Å². The number of hydrogen-bond donors (Lipinski definition) is 2. The maximum atomic E-state index is 12.8. The summed E-state index contributed by atoms with van der Waals surface area (Å²) in [5, 5.41) is 12.5. The fourth-order valence-corrected chi connectivity index (χ4v) is 2.90. The van der Waals surface area contributed by atoms with Gasteiger partial charge < -0.3 is 15.2 Å². The van der Waals surface area contributed by atoms with Crippen LogP contribution in [0, 0.1) is 6.92 Å². The van der Waals surface area contributed by atoms with E-state index in [2.05, 4.69) is 25.0 Å². The molecule has 0 bridgehead atoms. The fraction of sp³-hybridized carbons (Fsp3) is 0.263. The number of aliphatic hydroxyl groups is 1. The highest BCUT2D eigenvalue weighted by Gasteiger charge is 2.30. The second-order valence-electron chi connectivity index (χ2n) is 5.94. The molecule has 11 heteroatoms. The number of carbonyl (C=O) groups excluding carboxylic acids is 1. The van der Waals surface area contributed by atoms with Crippen LogP contribution < -0.4 is 5.32 Å². The summed E-state index contributed by atoms with van der Waals surface area (Å²) in [4.78, 5) is 22.7. The molecule has 0 saturated carbocycles. The number of pyridine rings is 2. The highest BCUT2D eigenvalue weighted by molar-refractivity contribution is 7.15. The van der Waals surface area contributed by atoms with Gasteiger partial charge in [0.15, 0.2) is 0 Å². The summed E-state index contributed by atoms with van der Waals surface area (Å²) < 4.78 is 42.5. The van der Waals surface area contributed by atoms with Crippen LogP contribution in [0.25, 0.3) is 10.6 Å². The van der Waals surface area contributed by atoms with E-state index < -0.39 is 11.7 Å². The fourth-order valence-electron chi connectivity index (χ4n) is 2.17. The summed E-state index contributed by atoms with van der Waals surface area (Å²) in [5.74, 6) is 0.185. The third kappa shape index (κ3) is 6.78. The Balaban J connectivity index is 0.000000575. The summed E-state index contributed by atoms with van der Waals surface area (Å²) in [6.07, 6.45) is -1.74. The van der Waals surface area contributed by atoms with Gasteiger partial charge >= 0.3 is 12.1 Å². The quantitative estimate of drug-likeness (QED) is 0.583. The second kappa shape index (κ2) is 10.1. The Morgan fingerprint density at radius 1 is 1.23 bits per heavy atom. The molecule has 0 radical (unpaired) electrons. The van der Waals surface area contributed by atoms with Crippen LogP contribution in [0.4, 0.5) is 24.8 Å². The molecule has 0 fully saturated rings. The number of alkyl halides is 3. The number of aromatic nitrogens is 3. The van der Waals surface area contributed by atoms with E-state index in [0.717, 1.165) is 28.8 Å². The SMILES string of the molecule is COC(C)=O.Cc1cc(Nc2cc(C(F)(F)F)ccn2)nc(-c2cnc(CO)s2)c1. The molecule has 0 amide bonds. The Morgan fingerprint density at radius 3 is 2.50 bits per heavy atom. The first kappa shape index (κ1) is 23.2. The van der Waals surface area contributed by atoms with Gasteiger partial charge in [-0.1, -0.05) is 0 Å². The van der Waals surface area contributed by atoms with Gasteiger partial charge in [-0.3, -0.25) is 4.79 Å². The normalized spacial score (nSPS) is 10.8. The lowest BCUT2D eigenvalue weighted by molar-refractivity contribution is -0.138. The predicted molar refractivity (Wildman–Crippen MR) is 106 cm³/mol. The number of halogens is 3. The van der Waals surface area contributed by atoms with Gasteiger partial charge in [-0.05, 0) is 36.8 Å². The van der Waals surface area contributed by atoms with E-state index in [4.69, 9.17) is 5.11 Å². The molecule has 0 aliphatic carbocycles. The maximum absolute atomic E-state index is 12.8. The van der Waals surface area contributed by atoms with E-state index in [1.807, 2.05) is 13.0 Å². The number of methoxy groups -OCH3 is 1. The third-order valence-electron chi connectivity index (χ3n) is 3.54. The molecular formula is C19H19F3N4O3S. The standard InChI is InChI=1S/C16H13F3N4OS.C3H6O2/c1-9-4-11(12-7-21-15(8-24)25-12)22-14(5-9)23-13-6-10(2-3-20-13)16(17,18)19;1-3(4)5-2/h2-7,24H,8H2,1H3,(H,20,22,23);1-2H3. The van der Waals surface area contributed by atoms with Crippen LogP contribution in [-0.2, 0) is 22.3 Å². The molecule has 3 heterocycles. The Bertz CT molecular complexity index is 1010. The summed E-state index contributed by atoms with van der Waals surface area (Å²) in [5.41, 5.74) is 0.707.